The summed E-state index contributed by atoms with van der Waals surface area (Å²) in [6.45, 7) is -4.08. The maximum absolute atomic E-state index is 12.3. The molecule has 3 aromatic rings. The monoisotopic (exact) mass is 486 g/mol. The van der Waals surface area contributed by atoms with Crippen LogP contribution in [0.1, 0.15) is 10.4 Å². The lowest BCUT2D eigenvalue weighted by atomic mass is 10.2. The van der Waals surface area contributed by atoms with Gasteiger partial charge >= 0.3 is 12.6 Å². The number of hydrogen-bond acceptors (Lipinski definition) is 6. The van der Waals surface area contributed by atoms with Crippen LogP contribution in [0.2, 0.25) is 0 Å². The van der Waals surface area contributed by atoms with Crippen molar-refractivity contribution in [1.82, 2.24) is 5.32 Å². The highest BCUT2D eigenvalue weighted by Gasteiger charge is 2.14. The fourth-order valence-corrected chi connectivity index (χ4v) is 3.65. The van der Waals surface area contributed by atoms with Gasteiger partial charge in [0.15, 0.2) is 6.61 Å². The maximum Gasteiger partial charge on any atom is 0.387 e. The van der Waals surface area contributed by atoms with Crippen molar-refractivity contribution >= 4 is 35.2 Å². The Hall–Kier alpha value is -3.92. The van der Waals surface area contributed by atoms with E-state index in [0.29, 0.717) is 5.69 Å². The number of nitrogens with one attached hydrogen (secondary N) is 2. The van der Waals surface area contributed by atoms with Gasteiger partial charge in [-0.2, -0.15) is 8.78 Å². The summed E-state index contributed by atoms with van der Waals surface area (Å²) in [6, 6.07) is 22.0. The van der Waals surface area contributed by atoms with E-state index >= 15 is 0 Å². The molecule has 10 heteroatoms. The van der Waals surface area contributed by atoms with Crippen molar-refractivity contribution < 1.29 is 32.6 Å². The molecule has 0 atom stereocenters. The highest BCUT2D eigenvalue weighted by molar-refractivity contribution is 7.99. The Morgan fingerprint density at radius 3 is 2.41 bits per heavy atom. The Morgan fingerprint density at radius 2 is 1.65 bits per heavy atom. The van der Waals surface area contributed by atoms with E-state index in [-0.39, 0.29) is 11.3 Å². The van der Waals surface area contributed by atoms with E-state index in [1.54, 1.807) is 12.1 Å². The summed E-state index contributed by atoms with van der Waals surface area (Å²) in [5.41, 5.74) is 0.591. The van der Waals surface area contributed by atoms with Crippen LogP contribution in [-0.4, -0.2) is 37.5 Å². The fraction of sp³-hybridized carbons (Fsp3) is 0.125. The summed E-state index contributed by atoms with van der Waals surface area (Å²) in [4.78, 5) is 38.1. The quantitative estimate of drug-likeness (QED) is 0.414. The molecule has 34 heavy (non-hydrogen) atoms. The largest absolute Gasteiger partial charge is 0.454 e. The predicted octanol–water partition coefficient (Wildman–Crippen LogP) is 4.35. The standard InChI is InChI=1S/C24H20F2N2O5S/c25-24(26)33-17-8-6-7-16(13-17)23(31)27-14-22(30)32-15-21(29)28-19-11-4-5-12-20(19)34-18-9-2-1-3-10-18/h1-13,24H,14-15H2,(H,27,31)(H,28,29). The van der Waals surface area contributed by atoms with Crippen molar-refractivity contribution in [2.45, 2.75) is 16.4 Å². The van der Waals surface area contributed by atoms with Gasteiger partial charge in [-0.3, -0.25) is 14.4 Å². The first-order chi connectivity index (χ1) is 16.4. The SMILES string of the molecule is O=C(COC(=O)CNC(=O)c1cccc(OC(F)F)c1)Nc1ccccc1Sc1ccccc1. The number of amides is 2. The Balaban J connectivity index is 1.46. The smallest absolute Gasteiger partial charge is 0.387 e. The van der Waals surface area contributed by atoms with Crippen molar-refractivity contribution in [3.8, 4) is 5.75 Å². The third-order valence-corrected chi connectivity index (χ3v) is 5.29. The first-order valence-corrected chi connectivity index (χ1v) is 10.8. The number of para-hydroxylation sites is 1. The predicted molar refractivity (Wildman–Crippen MR) is 122 cm³/mol. The number of anilines is 1. The average molecular weight is 486 g/mol. The summed E-state index contributed by atoms with van der Waals surface area (Å²) in [6.07, 6.45) is 0. The third kappa shape index (κ3) is 7.89. The van der Waals surface area contributed by atoms with Gasteiger partial charge in [0.1, 0.15) is 12.3 Å². The van der Waals surface area contributed by atoms with Crippen molar-refractivity contribution in [1.29, 1.82) is 0 Å². The molecule has 0 unspecified atom stereocenters. The summed E-state index contributed by atoms with van der Waals surface area (Å²) in [5.74, 6) is -2.26. The van der Waals surface area contributed by atoms with Crippen LogP contribution in [0.3, 0.4) is 0 Å². The Labute approximate surface area is 198 Å². The highest BCUT2D eigenvalue weighted by Crippen LogP contribution is 2.33. The number of carbonyl (C=O) groups is 3. The van der Waals surface area contributed by atoms with E-state index in [1.807, 2.05) is 42.5 Å². The number of rotatable bonds is 10. The lowest BCUT2D eigenvalue weighted by molar-refractivity contribution is -0.146. The molecular weight excluding hydrogens is 466 g/mol. The minimum absolute atomic E-state index is 0.0243. The molecule has 0 bridgehead atoms. The third-order valence-electron chi connectivity index (χ3n) is 4.21. The zero-order valence-corrected chi connectivity index (χ0v) is 18.5. The average Bonchev–Trinajstić information content (AvgIpc) is 2.83. The van der Waals surface area contributed by atoms with E-state index < -0.39 is 37.5 Å². The van der Waals surface area contributed by atoms with Gasteiger partial charge in [-0.25, -0.2) is 0 Å². The Bertz CT molecular complexity index is 1140. The zero-order valence-electron chi connectivity index (χ0n) is 17.7. The van der Waals surface area contributed by atoms with Gasteiger partial charge in [-0.15, -0.1) is 0 Å². The topological polar surface area (TPSA) is 93.7 Å². The zero-order chi connectivity index (χ0) is 24.3. The molecule has 3 aromatic carbocycles. The summed E-state index contributed by atoms with van der Waals surface area (Å²) in [7, 11) is 0. The van der Waals surface area contributed by atoms with Crippen molar-refractivity contribution in [2.24, 2.45) is 0 Å². The van der Waals surface area contributed by atoms with Crippen LogP contribution in [0.25, 0.3) is 0 Å². The van der Waals surface area contributed by atoms with Gasteiger partial charge in [0.05, 0.1) is 5.69 Å². The maximum atomic E-state index is 12.3. The second-order valence-corrected chi connectivity index (χ2v) is 7.82. The molecule has 2 N–H and O–H groups in total. The van der Waals surface area contributed by atoms with E-state index in [9.17, 15) is 23.2 Å². The van der Waals surface area contributed by atoms with Gasteiger partial charge in [0.25, 0.3) is 11.8 Å². The molecule has 0 aromatic heterocycles. The molecule has 176 valence electrons. The molecule has 0 fully saturated rings. The number of alkyl halides is 2. The molecule has 0 radical (unpaired) electrons. The van der Waals surface area contributed by atoms with Gasteiger partial charge < -0.3 is 20.1 Å². The summed E-state index contributed by atoms with van der Waals surface area (Å²) in [5, 5.41) is 5.00. The van der Waals surface area contributed by atoms with E-state index in [4.69, 9.17) is 4.74 Å². The first-order valence-electron chi connectivity index (χ1n) is 10.0. The van der Waals surface area contributed by atoms with E-state index in [2.05, 4.69) is 15.4 Å². The Morgan fingerprint density at radius 1 is 0.912 bits per heavy atom. The summed E-state index contributed by atoms with van der Waals surface area (Å²) < 4.78 is 33.7. The van der Waals surface area contributed by atoms with Crippen LogP contribution >= 0.6 is 11.8 Å². The van der Waals surface area contributed by atoms with Gasteiger partial charge in [-0.05, 0) is 42.5 Å². The normalized spacial score (nSPS) is 10.4. The second kappa shape index (κ2) is 12.4. The minimum atomic E-state index is -3.02. The molecule has 0 saturated carbocycles. The van der Waals surface area contributed by atoms with Crippen LogP contribution in [0, 0.1) is 0 Å². The van der Waals surface area contributed by atoms with Crippen LogP contribution in [-0.2, 0) is 14.3 Å². The number of ether oxygens (including phenoxy) is 2. The van der Waals surface area contributed by atoms with Crippen LogP contribution in [0.4, 0.5) is 14.5 Å². The molecule has 0 heterocycles. The van der Waals surface area contributed by atoms with Crippen molar-refractivity contribution in [3.63, 3.8) is 0 Å². The second-order valence-electron chi connectivity index (χ2n) is 6.71. The molecule has 0 saturated heterocycles. The lowest BCUT2D eigenvalue weighted by Gasteiger charge is -2.11. The molecule has 3 rings (SSSR count). The Kier molecular flexibility index (Phi) is 8.98. The van der Waals surface area contributed by atoms with Crippen LogP contribution in [0.5, 0.6) is 5.75 Å². The van der Waals surface area contributed by atoms with Crippen molar-refractivity contribution in [3.05, 3.63) is 84.4 Å². The van der Waals surface area contributed by atoms with Gasteiger partial charge in [0.2, 0.25) is 0 Å². The molecule has 0 aliphatic rings. The number of hydrogen-bond donors (Lipinski definition) is 2. The molecule has 0 spiro atoms. The minimum Gasteiger partial charge on any atom is -0.454 e. The molecular formula is C24H20F2N2O5S. The number of halogens is 2. The molecule has 0 aliphatic heterocycles. The number of benzene rings is 3. The van der Waals surface area contributed by atoms with Gasteiger partial charge in [-0.1, -0.05) is 48.2 Å². The first kappa shape index (κ1) is 24.7. The molecule has 2 amide bonds. The van der Waals surface area contributed by atoms with Crippen LogP contribution in [0.15, 0.2) is 88.7 Å². The number of esters is 1. The highest BCUT2D eigenvalue weighted by atomic mass is 32.2. The fourth-order valence-electron chi connectivity index (χ4n) is 2.73. The molecule has 7 nitrogen and oxygen atoms in total. The number of carbonyl (C=O) groups excluding carboxylic acids is 3. The lowest BCUT2D eigenvalue weighted by Crippen LogP contribution is -2.32. The molecule has 0 aliphatic carbocycles. The van der Waals surface area contributed by atoms with Crippen molar-refractivity contribution in [2.75, 3.05) is 18.5 Å². The van der Waals surface area contributed by atoms with Crippen LogP contribution < -0.4 is 15.4 Å². The van der Waals surface area contributed by atoms with E-state index in [0.717, 1.165) is 15.9 Å². The van der Waals surface area contributed by atoms with E-state index in [1.165, 1.54) is 30.0 Å². The summed E-state index contributed by atoms with van der Waals surface area (Å²) >= 11 is 1.47. The van der Waals surface area contributed by atoms with Gasteiger partial charge in [0, 0.05) is 15.4 Å².